The Hall–Kier alpha value is -3.14. The number of para-hydroxylation sites is 1. The first-order valence-corrected chi connectivity index (χ1v) is 9.36. The average Bonchev–Trinajstić information content (AvgIpc) is 2.73. The van der Waals surface area contributed by atoms with E-state index in [2.05, 4.69) is 46.4 Å². The SMILES string of the molecule is Cc1ccc(CNC(=O)c2cc(N3CCCc4ccccc43)ccn2)cc1. The van der Waals surface area contributed by atoms with E-state index in [0.29, 0.717) is 12.2 Å². The number of carbonyl (C=O) groups is 1. The van der Waals surface area contributed by atoms with Crippen molar-refractivity contribution in [3.63, 3.8) is 0 Å². The molecule has 2 heterocycles. The van der Waals surface area contributed by atoms with Crippen molar-refractivity contribution in [3.05, 3.63) is 89.2 Å². The zero-order chi connectivity index (χ0) is 18.6. The Kier molecular flexibility index (Phi) is 4.88. The molecule has 1 aliphatic heterocycles. The second kappa shape index (κ2) is 7.62. The van der Waals surface area contributed by atoms with Crippen LogP contribution < -0.4 is 10.2 Å². The molecule has 1 N–H and O–H groups in total. The van der Waals surface area contributed by atoms with E-state index >= 15 is 0 Å². The van der Waals surface area contributed by atoms with Crippen molar-refractivity contribution in [2.24, 2.45) is 0 Å². The Morgan fingerprint density at radius 1 is 1.11 bits per heavy atom. The van der Waals surface area contributed by atoms with Crippen LogP contribution in [0.5, 0.6) is 0 Å². The van der Waals surface area contributed by atoms with E-state index in [9.17, 15) is 4.79 Å². The van der Waals surface area contributed by atoms with Gasteiger partial charge in [0.15, 0.2) is 0 Å². The van der Waals surface area contributed by atoms with Crippen molar-refractivity contribution >= 4 is 17.3 Å². The maximum Gasteiger partial charge on any atom is 0.270 e. The summed E-state index contributed by atoms with van der Waals surface area (Å²) in [6.07, 6.45) is 3.92. The van der Waals surface area contributed by atoms with Gasteiger partial charge in [-0.25, -0.2) is 0 Å². The Balaban J connectivity index is 1.51. The van der Waals surface area contributed by atoms with Gasteiger partial charge in [0.25, 0.3) is 5.91 Å². The quantitative estimate of drug-likeness (QED) is 0.752. The summed E-state index contributed by atoms with van der Waals surface area (Å²) < 4.78 is 0. The third-order valence-corrected chi connectivity index (χ3v) is 4.97. The molecule has 0 unspecified atom stereocenters. The van der Waals surface area contributed by atoms with E-state index < -0.39 is 0 Å². The number of benzene rings is 2. The molecule has 0 radical (unpaired) electrons. The number of aryl methyl sites for hydroxylation is 2. The molecule has 1 aromatic heterocycles. The first-order chi connectivity index (χ1) is 13.2. The van der Waals surface area contributed by atoms with Crippen LogP contribution in [0.1, 0.15) is 33.6 Å². The van der Waals surface area contributed by atoms with Gasteiger partial charge in [0.1, 0.15) is 5.69 Å². The summed E-state index contributed by atoms with van der Waals surface area (Å²) in [5.41, 5.74) is 6.32. The van der Waals surface area contributed by atoms with Crippen LogP contribution in [0.2, 0.25) is 0 Å². The molecule has 136 valence electrons. The van der Waals surface area contributed by atoms with Gasteiger partial charge in [-0.15, -0.1) is 0 Å². The van der Waals surface area contributed by atoms with Gasteiger partial charge in [0, 0.05) is 30.7 Å². The van der Waals surface area contributed by atoms with E-state index in [4.69, 9.17) is 0 Å². The lowest BCUT2D eigenvalue weighted by Crippen LogP contribution is -2.26. The van der Waals surface area contributed by atoms with Crippen LogP contribution in [0.3, 0.4) is 0 Å². The minimum atomic E-state index is -0.150. The summed E-state index contributed by atoms with van der Waals surface area (Å²) in [4.78, 5) is 19.1. The van der Waals surface area contributed by atoms with Crippen molar-refractivity contribution in [1.82, 2.24) is 10.3 Å². The average molecular weight is 357 g/mol. The Labute approximate surface area is 159 Å². The van der Waals surface area contributed by atoms with Gasteiger partial charge in [-0.2, -0.15) is 0 Å². The molecule has 0 spiro atoms. The molecule has 0 aliphatic carbocycles. The summed E-state index contributed by atoms with van der Waals surface area (Å²) in [5.74, 6) is -0.150. The zero-order valence-electron chi connectivity index (χ0n) is 15.5. The van der Waals surface area contributed by atoms with Gasteiger partial charge in [-0.1, -0.05) is 48.0 Å². The van der Waals surface area contributed by atoms with E-state index in [1.54, 1.807) is 6.20 Å². The standard InChI is InChI=1S/C23H23N3O/c1-17-8-10-18(11-9-17)16-25-23(27)21-15-20(12-13-24-21)26-14-4-6-19-5-2-3-7-22(19)26/h2-3,5,7-13,15H,4,6,14,16H2,1H3,(H,25,27). The van der Waals surface area contributed by atoms with Crippen LogP contribution >= 0.6 is 0 Å². The van der Waals surface area contributed by atoms with Gasteiger partial charge in [-0.3, -0.25) is 9.78 Å². The number of nitrogens with one attached hydrogen (secondary N) is 1. The molecule has 2 aromatic carbocycles. The minimum absolute atomic E-state index is 0.150. The first kappa shape index (κ1) is 17.3. The number of pyridine rings is 1. The molecular weight excluding hydrogens is 334 g/mol. The minimum Gasteiger partial charge on any atom is -0.347 e. The number of nitrogens with zero attached hydrogens (tertiary/aromatic N) is 2. The number of anilines is 2. The third kappa shape index (κ3) is 3.85. The largest absolute Gasteiger partial charge is 0.347 e. The molecular formula is C23H23N3O. The molecule has 0 saturated heterocycles. The molecule has 3 aromatic rings. The number of rotatable bonds is 4. The van der Waals surface area contributed by atoms with Crippen molar-refractivity contribution < 1.29 is 4.79 Å². The summed E-state index contributed by atoms with van der Waals surface area (Å²) in [7, 11) is 0. The van der Waals surface area contributed by atoms with Crippen LogP contribution in [0.4, 0.5) is 11.4 Å². The van der Waals surface area contributed by atoms with Gasteiger partial charge in [0.2, 0.25) is 0 Å². The highest BCUT2D eigenvalue weighted by Gasteiger charge is 2.19. The number of carbonyl (C=O) groups excluding carboxylic acids is 1. The fraction of sp³-hybridized carbons (Fsp3) is 0.217. The van der Waals surface area contributed by atoms with Crippen molar-refractivity contribution in [2.75, 3.05) is 11.4 Å². The van der Waals surface area contributed by atoms with Crippen molar-refractivity contribution in [1.29, 1.82) is 0 Å². The topological polar surface area (TPSA) is 45.2 Å². The first-order valence-electron chi connectivity index (χ1n) is 9.36. The summed E-state index contributed by atoms with van der Waals surface area (Å²) >= 11 is 0. The highest BCUT2D eigenvalue weighted by molar-refractivity contribution is 5.93. The number of amides is 1. The molecule has 0 bridgehead atoms. The number of aromatic nitrogens is 1. The molecule has 0 saturated carbocycles. The molecule has 4 nitrogen and oxygen atoms in total. The van der Waals surface area contributed by atoms with Gasteiger partial charge >= 0.3 is 0 Å². The molecule has 0 fully saturated rings. The van der Waals surface area contributed by atoms with Crippen LogP contribution in [-0.2, 0) is 13.0 Å². The maximum absolute atomic E-state index is 12.6. The lowest BCUT2D eigenvalue weighted by molar-refractivity contribution is 0.0946. The number of hydrogen-bond acceptors (Lipinski definition) is 3. The van der Waals surface area contributed by atoms with Crippen molar-refractivity contribution in [3.8, 4) is 0 Å². The van der Waals surface area contributed by atoms with Gasteiger partial charge in [-0.05, 0) is 49.1 Å². The molecule has 0 atom stereocenters. The van der Waals surface area contributed by atoms with E-state index in [1.807, 2.05) is 36.4 Å². The Morgan fingerprint density at radius 2 is 1.93 bits per heavy atom. The number of hydrogen-bond donors (Lipinski definition) is 1. The molecule has 27 heavy (non-hydrogen) atoms. The predicted molar refractivity (Wildman–Crippen MR) is 108 cm³/mol. The molecule has 4 rings (SSSR count). The summed E-state index contributed by atoms with van der Waals surface area (Å²) in [5, 5.41) is 2.96. The second-order valence-corrected chi connectivity index (χ2v) is 6.95. The highest BCUT2D eigenvalue weighted by atomic mass is 16.1. The highest BCUT2D eigenvalue weighted by Crippen LogP contribution is 2.33. The second-order valence-electron chi connectivity index (χ2n) is 6.95. The monoisotopic (exact) mass is 357 g/mol. The van der Waals surface area contributed by atoms with Crippen LogP contribution in [0.15, 0.2) is 66.9 Å². The number of fused-ring (bicyclic) bond motifs is 1. The molecule has 4 heteroatoms. The van der Waals surface area contributed by atoms with Gasteiger partial charge in [0.05, 0.1) is 0 Å². The lowest BCUT2D eigenvalue weighted by Gasteiger charge is -2.31. The lowest BCUT2D eigenvalue weighted by atomic mass is 10.0. The molecule has 1 amide bonds. The Morgan fingerprint density at radius 3 is 2.78 bits per heavy atom. The normalized spacial score (nSPS) is 13.1. The smallest absolute Gasteiger partial charge is 0.270 e. The van der Waals surface area contributed by atoms with E-state index in [-0.39, 0.29) is 5.91 Å². The van der Waals surface area contributed by atoms with Crippen LogP contribution in [-0.4, -0.2) is 17.4 Å². The van der Waals surface area contributed by atoms with E-state index in [1.165, 1.54) is 16.8 Å². The zero-order valence-corrected chi connectivity index (χ0v) is 15.5. The van der Waals surface area contributed by atoms with Crippen LogP contribution in [0, 0.1) is 6.92 Å². The predicted octanol–water partition coefficient (Wildman–Crippen LogP) is 4.40. The fourth-order valence-electron chi connectivity index (χ4n) is 3.49. The molecule has 1 aliphatic rings. The third-order valence-electron chi connectivity index (χ3n) is 4.97. The Bertz CT molecular complexity index is 950. The van der Waals surface area contributed by atoms with Crippen molar-refractivity contribution in [2.45, 2.75) is 26.3 Å². The maximum atomic E-state index is 12.6. The summed E-state index contributed by atoms with van der Waals surface area (Å²) in [6.45, 7) is 3.50. The van der Waals surface area contributed by atoms with E-state index in [0.717, 1.165) is 30.6 Å². The van der Waals surface area contributed by atoms with Gasteiger partial charge < -0.3 is 10.2 Å². The summed E-state index contributed by atoms with van der Waals surface area (Å²) in [6, 6.07) is 20.5. The fourth-order valence-corrected chi connectivity index (χ4v) is 3.49. The van der Waals surface area contributed by atoms with Crippen LogP contribution in [0.25, 0.3) is 0 Å².